The van der Waals surface area contributed by atoms with E-state index in [0.29, 0.717) is 5.56 Å². The molecule has 2 aromatic carbocycles. The maximum Gasteiger partial charge on any atom is 0.200 e. The zero-order valence-corrected chi connectivity index (χ0v) is 8.95. The molecular formula is C14H10F2O. The van der Waals surface area contributed by atoms with Gasteiger partial charge in [0, 0.05) is 5.56 Å². The van der Waals surface area contributed by atoms with Crippen LogP contribution in [0.15, 0.2) is 43.0 Å². The van der Waals surface area contributed by atoms with Crippen molar-refractivity contribution in [2.75, 3.05) is 0 Å². The normalized spacial score (nSPS) is 10.2. The summed E-state index contributed by atoms with van der Waals surface area (Å²) in [4.78, 5) is 0. The van der Waals surface area contributed by atoms with Crippen LogP contribution in [-0.4, -0.2) is 5.11 Å². The molecule has 0 aromatic heterocycles. The van der Waals surface area contributed by atoms with Crippen LogP contribution >= 0.6 is 0 Å². The van der Waals surface area contributed by atoms with Crippen LogP contribution in [-0.2, 0) is 0 Å². The molecule has 0 aliphatic carbocycles. The van der Waals surface area contributed by atoms with Crippen LogP contribution in [0.25, 0.3) is 17.2 Å². The van der Waals surface area contributed by atoms with Gasteiger partial charge in [-0.1, -0.05) is 36.9 Å². The maximum absolute atomic E-state index is 13.6. The summed E-state index contributed by atoms with van der Waals surface area (Å²) in [6, 6.07) is 9.34. The lowest BCUT2D eigenvalue weighted by Gasteiger charge is -2.05. The van der Waals surface area contributed by atoms with Crippen LogP contribution in [0.5, 0.6) is 5.75 Å². The molecule has 0 aliphatic heterocycles. The summed E-state index contributed by atoms with van der Waals surface area (Å²) in [6.45, 7) is 3.61. The lowest BCUT2D eigenvalue weighted by atomic mass is 10.0. The van der Waals surface area contributed by atoms with E-state index >= 15 is 0 Å². The van der Waals surface area contributed by atoms with Crippen LogP contribution in [0.4, 0.5) is 8.78 Å². The average molecular weight is 232 g/mol. The molecule has 0 fully saturated rings. The molecule has 0 amide bonds. The van der Waals surface area contributed by atoms with Crippen molar-refractivity contribution in [3.05, 3.63) is 60.2 Å². The Bertz CT molecular complexity index is 559. The van der Waals surface area contributed by atoms with Crippen LogP contribution in [0.2, 0.25) is 0 Å². The fourth-order valence-corrected chi connectivity index (χ4v) is 1.56. The molecule has 1 nitrogen and oxygen atoms in total. The molecule has 0 saturated heterocycles. The minimum Gasteiger partial charge on any atom is -0.505 e. The van der Waals surface area contributed by atoms with Crippen molar-refractivity contribution < 1.29 is 13.9 Å². The highest BCUT2D eigenvalue weighted by atomic mass is 19.2. The monoisotopic (exact) mass is 232 g/mol. The summed E-state index contributed by atoms with van der Waals surface area (Å²) in [6.07, 6.45) is 1.66. The number of phenols is 1. The first-order valence-electron chi connectivity index (χ1n) is 5.03. The molecule has 1 N–H and O–H groups in total. The fraction of sp³-hybridized carbons (Fsp3) is 0. The molecule has 86 valence electrons. The van der Waals surface area contributed by atoms with E-state index in [0.717, 1.165) is 11.6 Å². The predicted molar refractivity (Wildman–Crippen MR) is 63.5 cm³/mol. The van der Waals surface area contributed by atoms with Gasteiger partial charge in [0.15, 0.2) is 11.6 Å². The minimum absolute atomic E-state index is 0.121. The van der Waals surface area contributed by atoms with Gasteiger partial charge < -0.3 is 5.11 Å². The van der Waals surface area contributed by atoms with Gasteiger partial charge in [0.2, 0.25) is 5.82 Å². The first kappa shape index (κ1) is 11.3. The largest absolute Gasteiger partial charge is 0.505 e. The number of hydrogen-bond donors (Lipinski definition) is 1. The number of hydrogen-bond acceptors (Lipinski definition) is 1. The van der Waals surface area contributed by atoms with E-state index in [-0.39, 0.29) is 5.56 Å². The van der Waals surface area contributed by atoms with Crippen LogP contribution in [0, 0.1) is 11.6 Å². The van der Waals surface area contributed by atoms with Crippen molar-refractivity contribution in [1.29, 1.82) is 0 Å². The molecule has 0 saturated carbocycles. The Hall–Kier alpha value is -2.16. The van der Waals surface area contributed by atoms with E-state index in [4.69, 9.17) is 5.11 Å². The zero-order valence-electron chi connectivity index (χ0n) is 8.95. The molecule has 0 heterocycles. The van der Waals surface area contributed by atoms with Crippen molar-refractivity contribution in [2.24, 2.45) is 0 Å². The van der Waals surface area contributed by atoms with Crippen molar-refractivity contribution >= 4 is 6.08 Å². The van der Waals surface area contributed by atoms with Gasteiger partial charge in [-0.3, -0.25) is 0 Å². The highest BCUT2D eigenvalue weighted by Crippen LogP contribution is 2.29. The van der Waals surface area contributed by atoms with Crippen molar-refractivity contribution in [1.82, 2.24) is 0 Å². The second-order valence-corrected chi connectivity index (χ2v) is 3.59. The molecule has 0 aliphatic rings. The smallest absolute Gasteiger partial charge is 0.200 e. The van der Waals surface area contributed by atoms with Crippen molar-refractivity contribution in [2.45, 2.75) is 0 Å². The van der Waals surface area contributed by atoms with Crippen LogP contribution in [0.1, 0.15) is 5.56 Å². The Morgan fingerprint density at radius 1 is 0.941 bits per heavy atom. The Morgan fingerprint density at radius 2 is 1.59 bits per heavy atom. The third-order valence-corrected chi connectivity index (χ3v) is 2.52. The lowest BCUT2D eigenvalue weighted by Crippen LogP contribution is -1.90. The Balaban J connectivity index is 2.53. The van der Waals surface area contributed by atoms with Gasteiger partial charge in [-0.05, 0) is 23.3 Å². The second kappa shape index (κ2) is 4.37. The molecule has 0 atom stereocenters. The summed E-state index contributed by atoms with van der Waals surface area (Å²) >= 11 is 0. The number of phenolic OH excluding ortho intramolecular Hbond substituents is 1. The number of rotatable bonds is 2. The maximum atomic E-state index is 13.6. The summed E-state index contributed by atoms with van der Waals surface area (Å²) in [7, 11) is 0. The quantitative estimate of drug-likeness (QED) is 0.830. The van der Waals surface area contributed by atoms with Gasteiger partial charge in [0.25, 0.3) is 0 Å². The molecule has 0 spiro atoms. The van der Waals surface area contributed by atoms with Crippen LogP contribution < -0.4 is 0 Å². The third-order valence-electron chi connectivity index (χ3n) is 2.52. The van der Waals surface area contributed by atoms with Crippen molar-refractivity contribution in [3.63, 3.8) is 0 Å². The minimum atomic E-state index is -1.23. The Morgan fingerprint density at radius 3 is 2.18 bits per heavy atom. The zero-order chi connectivity index (χ0) is 12.4. The first-order valence-corrected chi connectivity index (χ1v) is 5.03. The van der Waals surface area contributed by atoms with E-state index in [2.05, 4.69) is 6.58 Å². The fourth-order valence-electron chi connectivity index (χ4n) is 1.56. The molecule has 2 aromatic rings. The standard InChI is InChI=1S/C14H10F2O/c1-2-9-3-5-10(6-4-9)11-7-8-12(17)14(16)13(11)15/h2-8,17H,1H2. The molecular weight excluding hydrogens is 222 g/mol. The lowest BCUT2D eigenvalue weighted by molar-refractivity contribution is 0.408. The van der Waals surface area contributed by atoms with E-state index in [1.165, 1.54) is 6.07 Å². The summed E-state index contributed by atoms with van der Waals surface area (Å²) in [5, 5.41) is 9.03. The third kappa shape index (κ3) is 2.04. The molecule has 0 radical (unpaired) electrons. The highest BCUT2D eigenvalue weighted by molar-refractivity contribution is 5.67. The summed E-state index contributed by atoms with van der Waals surface area (Å²) in [5.74, 6) is -2.96. The van der Waals surface area contributed by atoms with Gasteiger partial charge in [-0.2, -0.15) is 4.39 Å². The van der Waals surface area contributed by atoms with E-state index < -0.39 is 17.4 Å². The first-order chi connectivity index (χ1) is 8.13. The summed E-state index contributed by atoms with van der Waals surface area (Å²) in [5.41, 5.74) is 1.57. The Labute approximate surface area is 97.7 Å². The molecule has 0 unspecified atom stereocenters. The predicted octanol–water partition coefficient (Wildman–Crippen LogP) is 3.98. The number of halogens is 2. The van der Waals surface area contributed by atoms with Gasteiger partial charge in [-0.25, -0.2) is 4.39 Å². The number of aromatic hydroxyl groups is 1. The topological polar surface area (TPSA) is 20.2 Å². The molecule has 3 heteroatoms. The van der Waals surface area contributed by atoms with Gasteiger partial charge in [0.1, 0.15) is 0 Å². The summed E-state index contributed by atoms with van der Waals surface area (Å²) < 4.78 is 26.8. The van der Waals surface area contributed by atoms with Gasteiger partial charge in [0.05, 0.1) is 0 Å². The van der Waals surface area contributed by atoms with Gasteiger partial charge in [-0.15, -0.1) is 0 Å². The van der Waals surface area contributed by atoms with Crippen LogP contribution in [0.3, 0.4) is 0 Å². The SMILES string of the molecule is C=Cc1ccc(-c2ccc(O)c(F)c2F)cc1. The Kier molecular flexibility index (Phi) is 2.91. The second-order valence-electron chi connectivity index (χ2n) is 3.59. The average Bonchev–Trinajstić information content (AvgIpc) is 2.36. The molecule has 17 heavy (non-hydrogen) atoms. The molecule has 0 bridgehead atoms. The van der Waals surface area contributed by atoms with E-state index in [9.17, 15) is 8.78 Å². The number of benzene rings is 2. The van der Waals surface area contributed by atoms with E-state index in [1.54, 1.807) is 30.3 Å². The molecule has 2 rings (SSSR count). The van der Waals surface area contributed by atoms with Crippen molar-refractivity contribution in [3.8, 4) is 16.9 Å². The van der Waals surface area contributed by atoms with Gasteiger partial charge >= 0.3 is 0 Å². The highest BCUT2D eigenvalue weighted by Gasteiger charge is 2.13. The van der Waals surface area contributed by atoms with E-state index in [1.807, 2.05) is 0 Å².